The van der Waals surface area contributed by atoms with Gasteiger partial charge in [0.05, 0.1) is 5.52 Å². The monoisotopic (exact) mass is 264 g/mol. The lowest BCUT2D eigenvalue weighted by Gasteiger charge is -2.11. The molecule has 0 bridgehead atoms. The molecule has 0 radical (unpaired) electrons. The summed E-state index contributed by atoms with van der Waals surface area (Å²) >= 11 is 0. The minimum Gasteiger partial charge on any atom is -0.457 e. The summed E-state index contributed by atoms with van der Waals surface area (Å²) in [7, 11) is 0. The first kappa shape index (κ1) is 12.5. The average Bonchev–Trinajstić information content (AvgIpc) is 2.38. The largest absolute Gasteiger partial charge is 0.457 e. The molecule has 2 aromatic carbocycles. The molecule has 2 N–H and O–H groups in total. The SMILES string of the molecule is Cc1cc(C)c2c(Oc3cccc(N)c3)ccnc2c1. The van der Waals surface area contributed by atoms with Gasteiger partial charge in [0.1, 0.15) is 11.5 Å². The Balaban J connectivity index is 2.12. The van der Waals surface area contributed by atoms with Crippen LogP contribution in [0.4, 0.5) is 5.69 Å². The molecule has 1 aromatic heterocycles. The Bertz CT molecular complexity index is 781. The molecule has 0 aliphatic carbocycles. The highest BCUT2D eigenvalue weighted by Crippen LogP contribution is 2.32. The van der Waals surface area contributed by atoms with Gasteiger partial charge in [0, 0.05) is 23.3 Å². The van der Waals surface area contributed by atoms with Crippen LogP contribution in [0.15, 0.2) is 48.7 Å². The van der Waals surface area contributed by atoms with Gasteiger partial charge in [-0.25, -0.2) is 0 Å². The molecule has 0 fully saturated rings. The summed E-state index contributed by atoms with van der Waals surface area (Å²) in [5.41, 5.74) is 9.78. The minimum absolute atomic E-state index is 0.688. The van der Waals surface area contributed by atoms with Crippen molar-refractivity contribution in [3.05, 3.63) is 59.8 Å². The molecule has 100 valence electrons. The van der Waals surface area contributed by atoms with Crippen LogP contribution in [-0.4, -0.2) is 4.98 Å². The number of anilines is 1. The number of pyridine rings is 1. The first-order chi connectivity index (χ1) is 9.63. The van der Waals surface area contributed by atoms with Crippen LogP contribution in [0.5, 0.6) is 11.5 Å². The zero-order chi connectivity index (χ0) is 14.1. The van der Waals surface area contributed by atoms with Gasteiger partial charge >= 0.3 is 0 Å². The Hall–Kier alpha value is -2.55. The number of nitrogen functional groups attached to an aromatic ring is 1. The number of aromatic nitrogens is 1. The van der Waals surface area contributed by atoms with E-state index in [0.29, 0.717) is 5.69 Å². The Morgan fingerprint density at radius 1 is 1.05 bits per heavy atom. The number of nitrogens with zero attached hydrogens (tertiary/aromatic N) is 1. The minimum atomic E-state index is 0.688. The molecule has 0 atom stereocenters. The summed E-state index contributed by atoms with van der Waals surface area (Å²) in [6, 6.07) is 13.5. The summed E-state index contributed by atoms with van der Waals surface area (Å²) in [6.07, 6.45) is 1.77. The van der Waals surface area contributed by atoms with Gasteiger partial charge in [-0.15, -0.1) is 0 Å². The second-order valence-corrected chi connectivity index (χ2v) is 4.96. The fourth-order valence-electron chi connectivity index (χ4n) is 2.43. The maximum atomic E-state index is 5.97. The van der Waals surface area contributed by atoms with Crippen molar-refractivity contribution in [2.45, 2.75) is 13.8 Å². The summed E-state index contributed by atoms with van der Waals surface area (Å²) < 4.78 is 5.97. The number of hydrogen-bond acceptors (Lipinski definition) is 3. The fourth-order valence-corrected chi connectivity index (χ4v) is 2.43. The fraction of sp³-hybridized carbons (Fsp3) is 0.118. The van der Waals surface area contributed by atoms with Crippen LogP contribution in [0.1, 0.15) is 11.1 Å². The van der Waals surface area contributed by atoms with Crippen molar-refractivity contribution in [1.82, 2.24) is 4.98 Å². The van der Waals surface area contributed by atoms with E-state index in [0.717, 1.165) is 28.0 Å². The lowest BCUT2D eigenvalue weighted by Crippen LogP contribution is -1.92. The van der Waals surface area contributed by atoms with Crippen molar-refractivity contribution < 1.29 is 4.74 Å². The van der Waals surface area contributed by atoms with E-state index in [4.69, 9.17) is 10.5 Å². The third kappa shape index (κ3) is 2.30. The average molecular weight is 264 g/mol. The summed E-state index contributed by atoms with van der Waals surface area (Å²) in [6.45, 7) is 4.14. The van der Waals surface area contributed by atoms with Crippen LogP contribution in [-0.2, 0) is 0 Å². The predicted octanol–water partition coefficient (Wildman–Crippen LogP) is 4.23. The smallest absolute Gasteiger partial charge is 0.138 e. The van der Waals surface area contributed by atoms with Gasteiger partial charge in [-0.1, -0.05) is 12.1 Å². The first-order valence-corrected chi connectivity index (χ1v) is 6.53. The zero-order valence-electron chi connectivity index (χ0n) is 11.6. The van der Waals surface area contributed by atoms with Gasteiger partial charge in [-0.05, 0) is 49.2 Å². The molecule has 1 heterocycles. The molecule has 20 heavy (non-hydrogen) atoms. The van der Waals surface area contributed by atoms with Crippen molar-refractivity contribution in [1.29, 1.82) is 0 Å². The Morgan fingerprint density at radius 2 is 1.90 bits per heavy atom. The lowest BCUT2D eigenvalue weighted by molar-refractivity contribution is 0.488. The highest BCUT2D eigenvalue weighted by atomic mass is 16.5. The van der Waals surface area contributed by atoms with E-state index in [1.807, 2.05) is 30.3 Å². The normalized spacial score (nSPS) is 10.7. The third-order valence-corrected chi connectivity index (χ3v) is 3.23. The maximum Gasteiger partial charge on any atom is 0.138 e. The van der Waals surface area contributed by atoms with Crippen LogP contribution >= 0.6 is 0 Å². The molecular formula is C17H16N2O. The second-order valence-electron chi connectivity index (χ2n) is 4.96. The van der Waals surface area contributed by atoms with Gasteiger partial charge < -0.3 is 10.5 Å². The summed E-state index contributed by atoms with van der Waals surface area (Å²) in [5, 5.41) is 1.04. The van der Waals surface area contributed by atoms with Crippen molar-refractivity contribution >= 4 is 16.6 Å². The second kappa shape index (κ2) is 4.85. The molecule has 3 heteroatoms. The number of nitrogens with two attached hydrogens (primary N) is 1. The van der Waals surface area contributed by atoms with Crippen LogP contribution in [0.2, 0.25) is 0 Å². The first-order valence-electron chi connectivity index (χ1n) is 6.53. The number of benzene rings is 2. The van der Waals surface area contributed by atoms with Crippen LogP contribution in [0.25, 0.3) is 10.9 Å². The molecule has 0 aliphatic heterocycles. The van der Waals surface area contributed by atoms with E-state index < -0.39 is 0 Å². The molecule has 0 saturated carbocycles. The van der Waals surface area contributed by atoms with Crippen LogP contribution < -0.4 is 10.5 Å². The van der Waals surface area contributed by atoms with E-state index in [1.54, 1.807) is 6.20 Å². The number of rotatable bonds is 2. The molecule has 0 saturated heterocycles. The Morgan fingerprint density at radius 3 is 2.70 bits per heavy atom. The number of fused-ring (bicyclic) bond motifs is 1. The number of aryl methyl sites for hydroxylation is 2. The quantitative estimate of drug-likeness (QED) is 0.705. The molecule has 3 aromatic rings. The number of hydrogen-bond donors (Lipinski definition) is 1. The number of ether oxygens (including phenoxy) is 1. The highest BCUT2D eigenvalue weighted by molar-refractivity contribution is 5.88. The Labute approximate surface area is 118 Å². The summed E-state index contributed by atoms with van der Waals surface area (Å²) in [5.74, 6) is 1.54. The zero-order valence-corrected chi connectivity index (χ0v) is 11.6. The van der Waals surface area contributed by atoms with Crippen molar-refractivity contribution in [3.63, 3.8) is 0 Å². The van der Waals surface area contributed by atoms with Gasteiger partial charge in [-0.3, -0.25) is 4.98 Å². The van der Waals surface area contributed by atoms with Crippen molar-refractivity contribution in [3.8, 4) is 11.5 Å². The standard InChI is InChI=1S/C17H16N2O/c1-11-8-12(2)17-15(9-11)19-7-6-16(17)20-14-5-3-4-13(18)10-14/h3-10H,18H2,1-2H3. The Kier molecular flexibility index (Phi) is 3.03. The van der Waals surface area contributed by atoms with Crippen LogP contribution in [0.3, 0.4) is 0 Å². The molecule has 3 nitrogen and oxygen atoms in total. The molecule has 0 spiro atoms. The van der Waals surface area contributed by atoms with Crippen molar-refractivity contribution in [2.75, 3.05) is 5.73 Å². The maximum absolute atomic E-state index is 5.97. The van der Waals surface area contributed by atoms with E-state index in [9.17, 15) is 0 Å². The van der Waals surface area contributed by atoms with Gasteiger partial charge in [-0.2, -0.15) is 0 Å². The highest BCUT2D eigenvalue weighted by Gasteiger charge is 2.08. The lowest BCUT2D eigenvalue weighted by atomic mass is 10.1. The predicted molar refractivity (Wildman–Crippen MR) is 82.1 cm³/mol. The molecule has 0 aliphatic rings. The topological polar surface area (TPSA) is 48.1 Å². The van der Waals surface area contributed by atoms with Gasteiger partial charge in [0.15, 0.2) is 0 Å². The molecular weight excluding hydrogens is 248 g/mol. The van der Waals surface area contributed by atoms with E-state index in [2.05, 4.69) is 31.0 Å². The third-order valence-electron chi connectivity index (χ3n) is 3.23. The molecule has 0 unspecified atom stereocenters. The summed E-state index contributed by atoms with van der Waals surface area (Å²) in [4.78, 5) is 4.42. The molecule has 0 amide bonds. The van der Waals surface area contributed by atoms with E-state index in [1.165, 1.54) is 5.56 Å². The van der Waals surface area contributed by atoms with E-state index in [-0.39, 0.29) is 0 Å². The van der Waals surface area contributed by atoms with Crippen molar-refractivity contribution in [2.24, 2.45) is 0 Å². The molecule has 3 rings (SSSR count). The van der Waals surface area contributed by atoms with Gasteiger partial charge in [0.2, 0.25) is 0 Å². The van der Waals surface area contributed by atoms with Gasteiger partial charge in [0.25, 0.3) is 0 Å². The van der Waals surface area contributed by atoms with E-state index >= 15 is 0 Å². The van der Waals surface area contributed by atoms with Crippen LogP contribution in [0, 0.1) is 13.8 Å².